The molecule has 2 nitrogen and oxygen atoms in total. The van der Waals surface area contributed by atoms with Gasteiger partial charge in [0.05, 0.1) is 7.11 Å². The molecule has 1 aromatic rings. The maximum Gasteiger partial charge on any atom is 0.266 e. The molecule has 1 aromatic carbocycles. The fourth-order valence-electron chi connectivity index (χ4n) is 1.23. The van der Waals surface area contributed by atoms with Gasteiger partial charge >= 0.3 is 0 Å². The Bertz CT molecular complexity index is 421. The summed E-state index contributed by atoms with van der Waals surface area (Å²) in [6, 6.07) is 10.1. The second kappa shape index (κ2) is 6.71. The Hall–Kier alpha value is -1.13. The van der Waals surface area contributed by atoms with E-state index in [9.17, 15) is 0 Å². The first kappa shape index (κ1) is 14.9. The Morgan fingerprint density at radius 2 is 1.83 bits per heavy atom. The highest BCUT2D eigenvalue weighted by Crippen LogP contribution is 2.27. The summed E-state index contributed by atoms with van der Waals surface area (Å²) in [7, 11) is -0.0263. The maximum absolute atomic E-state index is 5.80. The summed E-state index contributed by atoms with van der Waals surface area (Å²) in [5, 5.41) is 0. The van der Waals surface area contributed by atoms with E-state index in [1.165, 1.54) is 0 Å². The SMILES string of the molecule is C=C(C=C(OC)O[Si](C)(C)C)Sc1ccccc1. The summed E-state index contributed by atoms with van der Waals surface area (Å²) in [4.78, 5) is 2.05. The van der Waals surface area contributed by atoms with Crippen LogP contribution in [0, 0.1) is 0 Å². The van der Waals surface area contributed by atoms with Crippen molar-refractivity contribution in [3.8, 4) is 0 Å². The average Bonchev–Trinajstić information content (AvgIpc) is 2.27. The second-order valence-electron chi connectivity index (χ2n) is 4.76. The maximum atomic E-state index is 5.80. The topological polar surface area (TPSA) is 18.5 Å². The fourth-order valence-corrected chi connectivity index (χ4v) is 2.73. The zero-order chi connectivity index (χ0) is 13.6. The number of hydrogen-bond donors (Lipinski definition) is 0. The number of rotatable bonds is 6. The van der Waals surface area contributed by atoms with Crippen molar-refractivity contribution in [1.82, 2.24) is 0 Å². The lowest BCUT2D eigenvalue weighted by molar-refractivity contribution is 0.147. The monoisotopic (exact) mass is 280 g/mol. The lowest BCUT2D eigenvalue weighted by Gasteiger charge is -2.20. The predicted molar refractivity (Wildman–Crippen MR) is 81.0 cm³/mol. The number of methoxy groups -OCH3 is 1. The van der Waals surface area contributed by atoms with Gasteiger partial charge in [0.25, 0.3) is 5.95 Å². The second-order valence-corrected chi connectivity index (χ2v) is 10.4. The van der Waals surface area contributed by atoms with Crippen LogP contribution in [0.1, 0.15) is 0 Å². The Balaban J connectivity index is 2.66. The van der Waals surface area contributed by atoms with Gasteiger partial charge < -0.3 is 9.16 Å². The Morgan fingerprint density at radius 1 is 1.22 bits per heavy atom. The van der Waals surface area contributed by atoms with Crippen LogP contribution in [-0.4, -0.2) is 15.4 Å². The molecule has 0 atom stereocenters. The van der Waals surface area contributed by atoms with Gasteiger partial charge in [-0.3, -0.25) is 0 Å². The van der Waals surface area contributed by atoms with Crippen molar-refractivity contribution in [1.29, 1.82) is 0 Å². The zero-order valence-corrected chi connectivity index (χ0v) is 13.2. The highest BCUT2D eigenvalue weighted by molar-refractivity contribution is 8.03. The van der Waals surface area contributed by atoms with Crippen molar-refractivity contribution in [2.24, 2.45) is 0 Å². The Kier molecular flexibility index (Phi) is 5.56. The molecule has 0 N–H and O–H groups in total. The van der Waals surface area contributed by atoms with Crippen molar-refractivity contribution < 1.29 is 9.16 Å². The van der Waals surface area contributed by atoms with Crippen LogP contribution in [0.5, 0.6) is 0 Å². The number of ether oxygens (including phenoxy) is 1. The molecule has 0 aliphatic carbocycles. The first-order valence-electron chi connectivity index (χ1n) is 5.77. The molecule has 0 bridgehead atoms. The van der Waals surface area contributed by atoms with Crippen molar-refractivity contribution >= 4 is 20.1 Å². The third kappa shape index (κ3) is 5.98. The van der Waals surface area contributed by atoms with Crippen LogP contribution in [0.25, 0.3) is 0 Å². The van der Waals surface area contributed by atoms with Crippen LogP contribution in [0.2, 0.25) is 19.6 Å². The van der Waals surface area contributed by atoms with E-state index in [1.807, 2.05) is 24.3 Å². The molecule has 0 fully saturated rings. The molecule has 0 aliphatic rings. The van der Waals surface area contributed by atoms with Gasteiger partial charge in [-0.1, -0.05) is 36.5 Å². The van der Waals surface area contributed by atoms with Gasteiger partial charge in [-0.2, -0.15) is 0 Å². The highest BCUT2D eigenvalue weighted by Gasteiger charge is 2.18. The molecule has 18 heavy (non-hydrogen) atoms. The molecule has 0 radical (unpaired) electrons. The van der Waals surface area contributed by atoms with Crippen molar-refractivity contribution in [2.45, 2.75) is 24.5 Å². The van der Waals surface area contributed by atoms with Crippen LogP contribution in [-0.2, 0) is 9.16 Å². The summed E-state index contributed by atoms with van der Waals surface area (Å²) in [6.07, 6.45) is 1.84. The average molecular weight is 280 g/mol. The summed E-state index contributed by atoms with van der Waals surface area (Å²) in [5.41, 5.74) is 0. The highest BCUT2D eigenvalue weighted by atomic mass is 32.2. The molecule has 98 valence electrons. The van der Waals surface area contributed by atoms with E-state index in [4.69, 9.17) is 9.16 Å². The van der Waals surface area contributed by atoms with Crippen molar-refractivity contribution in [2.75, 3.05) is 7.11 Å². The minimum Gasteiger partial charge on any atom is -0.520 e. The Morgan fingerprint density at radius 3 is 2.33 bits per heavy atom. The molecule has 0 spiro atoms. The number of hydrogen-bond acceptors (Lipinski definition) is 3. The number of thioether (sulfide) groups is 1. The third-order valence-electron chi connectivity index (χ3n) is 1.88. The lowest BCUT2D eigenvalue weighted by Crippen LogP contribution is -2.25. The molecule has 0 saturated carbocycles. The molecule has 0 saturated heterocycles. The molecule has 1 rings (SSSR count). The smallest absolute Gasteiger partial charge is 0.266 e. The zero-order valence-electron chi connectivity index (χ0n) is 11.4. The molecule has 0 aromatic heterocycles. The molecule has 4 heteroatoms. The standard InChI is InChI=1S/C14H20O2SSi/c1-12(17-13-9-7-6-8-10-13)11-14(15-2)16-18(3,4)5/h6-11H,1H2,2-5H3. The van der Waals surface area contributed by atoms with Gasteiger partial charge in [0.2, 0.25) is 8.32 Å². The quantitative estimate of drug-likeness (QED) is 0.327. The first-order valence-corrected chi connectivity index (χ1v) is 10.00. The van der Waals surface area contributed by atoms with Gasteiger partial charge in [-0.15, -0.1) is 0 Å². The van der Waals surface area contributed by atoms with Crippen LogP contribution in [0.3, 0.4) is 0 Å². The fraction of sp³-hybridized carbons (Fsp3) is 0.286. The summed E-state index contributed by atoms with van der Waals surface area (Å²) in [6.45, 7) is 10.4. The van der Waals surface area contributed by atoms with Crippen LogP contribution in [0.4, 0.5) is 0 Å². The van der Waals surface area contributed by atoms with Crippen LogP contribution in [0.15, 0.2) is 58.7 Å². The Labute approximate surface area is 115 Å². The van der Waals surface area contributed by atoms with Crippen molar-refractivity contribution in [3.05, 3.63) is 53.8 Å². The molecule has 0 amide bonds. The molecular formula is C14H20O2SSi. The molecule has 0 unspecified atom stereocenters. The van der Waals surface area contributed by atoms with E-state index >= 15 is 0 Å². The molecule has 0 heterocycles. The van der Waals surface area contributed by atoms with Crippen LogP contribution >= 0.6 is 11.8 Å². The predicted octanol–water partition coefficient (Wildman–Crippen LogP) is 4.63. The van der Waals surface area contributed by atoms with Gasteiger partial charge in [0.1, 0.15) is 0 Å². The van der Waals surface area contributed by atoms with E-state index in [-0.39, 0.29) is 0 Å². The van der Waals surface area contributed by atoms with E-state index in [0.717, 1.165) is 9.80 Å². The molecular weight excluding hydrogens is 260 g/mol. The summed E-state index contributed by atoms with van der Waals surface area (Å²) < 4.78 is 11.0. The van der Waals surface area contributed by atoms with E-state index < -0.39 is 8.32 Å². The first-order chi connectivity index (χ1) is 8.40. The lowest BCUT2D eigenvalue weighted by atomic mass is 10.4. The van der Waals surface area contributed by atoms with Gasteiger partial charge in [-0.25, -0.2) is 0 Å². The molecule has 0 aliphatic heterocycles. The van der Waals surface area contributed by atoms with E-state index in [1.54, 1.807) is 18.9 Å². The van der Waals surface area contributed by atoms with E-state index in [0.29, 0.717) is 5.95 Å². The summed E-state index contributed by atoms with van der Waals surface area (Å²) >= 11 is 1.60. The minimum atomic E-state index is -1.64. The van der Waals surface area contributed by atoms with Crippen molar-refractivity contribution in [3.63, 3.8) is 0 Å². The third-order valence-corrected chi connectivity index (χ3v) is 3.58. The summed E-state index contributed by atoms with van der Waals surface area (Å²) in [5.74, 6) is 0.544. The number of benzene rings is 1. The van der Waals surface area contributed by atoms with Gasteiger partial charge in [-0.05, 0) is 31.8 Å². The number of allylic oxidation sites excluding steroid dienone is 1. The van der Waals surface area contributed by atoms with Crippen LogP contribution < -0.4 is 0 Å². The van der Waals surface area contributed by atoms with E-state index in [2.05, 4.69) is 38.4 Å². The van der Waals surface area contributed by atoms with Gasteiger partial charge in [0, 0.05) is 15.9 Å². The van der Waals surface area contributed by atoms with Gasteiger partial charge in [0.15, 0.2) is 0 Å². The largest absolute Gasteiger partial charge is 0.520 e. The minimum absolute atomic E-state index is 0.544. The normalized spacial score (nSPS) is 12.1.